The molecule has 0 bridgehead atoms. The van der Waals surface area contributed by atoms with Crippen molar-refractivity contribution in [3.05, 3.63) is 71.0 Å². The van der Waals surface area contributed by atoms with Crippen molar-refractivity contribution in [3.8, 4) is 0 Å². The molecular weight excluding hydrogens is 362 g/mol. The Hall–Kier alpha value is -3.12. The molecule has 1 amide bonds. The molecule has 1 aromatic carbocycles. The van der Waals surface area contributed by atoms with Gasteiger partial charge in [0.05, 0.1) is 6.42 Å². The van der Waals surface area contributed by atoms with Crippen LogP contribution in [0.4, 0.5) is 5.69 Å². The second-order valence-electron chi connectivity index (χ2n) is 6.25. The fourth-order valence-electron chi connectivity index (χ4n) is 3.07. The number of benzene rings is 1. The SMILES string of the molecule is C=[N+](C(=O)CCc1c[nH]c2ccccc12)c1cn(C2=C[N-]CC=C2)nc1Cl. The monoisotopic (exact) mass is 379 g/mol. The van der Waals surface area contributed by atoms with Crippen LogP contribution >= 0.6 is 11.6 Å². The summed E-state index contributed by atoms with van der Waals surface area (Å²) >= 11 is 6.23. The zero-order valence-electron chi connectivity index (χ0n) is 14.6. The molecule has 0 saturated heterocycles. The van der Waals surface area contributed by atoms with Gasteiger partial charge in [-0.3, -0.25) is 0 Å². The number of hydrogen-bond acceptors (Lipinski definition) is 2. The highest BCUT2D eigenvalue weighted by atomic mass is 35.5. The standard InChI is InChI=1S/C20H18ClN5O/c1-25(18-13-26(24-20(18)21)15-5-4-10-22-12-15)19(27)9-8-14-11-23-17-7-3-2-6-16(14)17/h2-7,11-13,23H,1,8-10H2. The van der Waals surface area contributed by atoms with Crippen molar-refractivity contribution in [1.29, 1.82) is 0 Å². The van der Waals surface area contributed by atoms with Gasteiger partial charge in [-0.1, -0.05) is 29.8 Å². The average molecular weight is 380 g/mol. The van der Waals surface area contributed by atoms with Gasteiger partial charge in [0.1, 0.15) is 12.9 Å². The quantitative estimate of drug-likeness (QED) is 0.531. The maximum Gasteiger partial charge on any atom is 0.392 e. The number of aromatic amines is 1. The minimum absolute atomic E-state index is 0.125. The van der Waals surface area contributed by atoms with Crippen molar-refractivity contribution in [1.82, 2.24) is 14.8 Å². The first-order chi connectivity index (χ1) is 13.1. The van der Waals surface area contributed by atoms with E-state index in [1.165, 1.54) is 4.58 Å². The Balaban J connectivity index is 1.48. The number of nitrogens with one attached hydrogen (secondary N) is 1. The van der Waals surface area contributed by atoms with E-state index >= 15 is 0 Å². The first-order valence-corrected chi connectivity index (χ1v) is 8.98. The van der Waals surface area contributed by atoms with Crippen molar-refractivity contribution in [2.24, 2.45) is 0 Å². The molecule has 1 aliphatic rings. The van der Waals surface area contributed by atoms with Crippen molar-refractivity contribution in [3.63, 3.8) is 0 Å². The highest BCUT2D eigenvalue weighted by Gasteiger charge is 2.24. The molecule has 2 aromatic heterocycles. The van der Waals surface area contributed by atoms with Gasteiger partial charge in [0.15, 0.2) is 0 Å². The van der Waals surface area contributed by atoms with Crippen LogP contribution in [0.15, 0.2) is 55.0 Å². The fraction of sp³-hybridized carbons (Fsp3) is 0.150. The Bertz CT molecular complexity index is 1090. The summed E-state index contributed by atoms with van der Waals surface area (Å²) in [7, 11) is 0. The lowest BCUT2D eigenvalue weighted by molar-refractivity contribution is -0.359. The maximum atomic E-state index is 12.6. The number of para-hydroxylation sites is 1. The lowest BCUT2D eigenvalue weighted by atomic mass is 10.1. The van der Waals surface area contributed by atoms with Crippen LogP contribution in [0.5, 0.6) is 0 Å². The van der Waals surface area contributed by atoms with Gasteiger partial charge >= 0.3 is 5.91 Å². The number of fused-ring (bicyclic) bond motifs is 1. The molecular formula is C20H18ClN5O. The van der Waals surface area contributed by atoms with E-state index in [1.54, 1.807) is 17.1 Å². The van der Waals surface area contributed by atoms with E-state index in [9.17, 15) is 4.79 Å². The summed E-state index contributed by atoms with van der Waals surface area (Å²) in [5, 5.41) is 9.80. The Kier molecular flexibility index (Phi) is 4.64. The predicted molar refractivity (Wildman–Crippen MR) is 108 cm³/mol. The zero-order valence-corrected chi connectivity index (χ0v) is 15.4. The lowest BCUT2D eigenvalue weighted by Crippen LogP contribution is -2.14. The van der Waals surface area contributed by atoms with Crippen LogP contribution in [0.1, 0.15) is 12.0 Å². The van der Waals surface area contributed by atoms with E-state index in [0.717, 1.165) is 22.2 Å². The number of hydrogen-bond donors (Lipinski definition) is 1. The number of amides is 1. The summed E-state index contributed by atoms with van der Waals surface area (Å²) in [6.07, 6.45) is 10.1. The molecule has 0 unspecified atom stereocenters. The maximum absolute atomic E-state index is 12.6. The summed E-state index contributed by atoms with van der Waals surface area (Å²) in [5.41, 5.74) is 3.43. The molecule has 4 rings (SSSR count). The van der Waals surface area contributed by atoms with E-state index in [1.807, 2.05) is 42.6 Å². The van der Waals surface area contributed by atoms with Gasteiger partial charge in [0.25, 0.3) is 5.69 Å². The number of aromatic nitrogens is 3. The molecule has 0 fully saturated rings. The van der Waals surface area contributed by atoms with Crippen LogP contribution in [0.2, 0.25) is 5.15 Å². The number of rotatable bonds is 5. The Morgan fingerprint density at radius 1 is 1.41 bits per heavy atom. The number of aryl methyl sites for hydroxylation is 1. The predicted octanol–water partition coefficient (Wildman–Crippen LogP) is 4.26. The summed E-state index contributed by atoms with van der Waals surface area (Å²) in [6, 6.07) is 8.04. The van der Waals surface area contributed by atoms with E-state index in [-0.39, 0.29) is 11.1 Å². The van der Waals surface area contributed by atoms with E-state index in [2.05, 4.69) is 22.1 Å². The molecule has 3 aromatic rings. The molecule has 27 heavy (non-hydrogen) atoms. The molecule has 0 radical (unpaired) electrons. The number of H-pyrrole nitrogens is 1. The summed E-state index contributed by atoms with van der Waals surface area (Å²) in [6.45, 7) is 4.52. The van der Waals surface area contributed by atoms with Crippen LogP contribution in [0.3, 0.4) is 0 Å². The van der Waals surface area contributed by atoms with Crippen molar-refractivity contribution in [2.75, 3.05) is 6.54 Å². The first kappa shape index (κ1) is 17.3. The minimum atomic E-state index is -0.125. The van der Waals surface area contributed by atoms with Gasteiger partial charge in [0.2, 0.25) is 5.15 Å². The zero-order chi connectivity index (χ0) is 18.8. The molecule has 1 aliphatic heterocycles. The summed E-state index contributed by atoms with van der Waals surface area (Å²) in [5.74, 6) is -0.125. The third kappa shape index (κ3) is 3.44. The number of carbonyl (C=O) groups is 1. The van der Waals surface area contributed by atoms with E-state index < -0.39 is 0 Å². The van der Waals surface area contributed by atoms with Gasteiger partial charge in [-0.15, -0.1) is 22.3 Å². The third-order valence-electron chi connectivity index (χ3n) is 4.51. The molecule has 136 valence electrons. The second-order valence-corrected chi connectivity index (χ2v) is 6.61. The molecule has 7 heteroatoms. The molecule has 6 nitrogen and oxygen atoms in total. The van der Waals surface area contributed by atoms with Crippen molar-refractivity contribution >= 4 is 46.5 Å². The summed E-state index contributed by atoms with van der Waals surface area (Å²) in [4.78, 5) is 15.8. The van der Waals surface area contributed by atoms with Crippen LogP contribution in [0.25, 0.3) is 21.9 Å². The van der Waals surface area contributed by atoms with Crippen LogP contribution in [-0.2, 0) is 11.2 Å². The van der Waals surface area contributed by atoms with Gasteiger partial charge in [0, 0.05) is 22.8 Å². The minimum Gasteiger partial charge on any atom is -0.686 e. The largest absolute Gasteiger partial charge is 0.686 e. The Morgan fingerprint density at radius 2 is 2.26 bits per heavy atom. The molecule has 0 atom stereocenters. The summed E-state index contributed by atoms with van der Waals surface area (Å²) < 4.78 is 2.91. The number of allylic oxidation sites excluding steroid dienone is 2. The topological polar surface area (TPSA) is 67.8 Å². The number of halogens is 1. The Labute approximate surface area is 161 Å². The third-order valence-corrected chi connectivity index (χ3v) is 4.78. The smallest absolute Gasteiger partial charge is 0.392 e. The van der Waals surface area contributed by atoms with Crippen molar-refractivity contribution in [2.45, 2.75) is 12.8 Å². The molecule has 0 saturated carbocycles. The molecule has 1 N–H and O–H groups in total. The van der Waals surface area contributed by atoms with Gasteiger partial charge in [-0.05, 0) is 24.1 Å². The van der Waals surface area contributed by atoms with E-state index in [0.29, 0.717) is 25.1 Å². The van der Waals surface area contributed by atoms with Gasteiger partial charge < -0.3 is 10.3 Å². The number of nitrogens with zero attached hydrogens (tertiary/aromatic N) is 4. The number of carbonyl (C=O) groups excluding carboxylic acids is 1. The second kappa shape index (κ2) is 7.25. The lowest BCUT2D eigenvalue weighted by Gasteiger charge is -2.18. The van der Waals surface area contributed by atoms with Gasteiger partial charge in [-0.2, -0.15) is 6.20 Å². The first-order valence-electron chi connectivity index (χ1n) is 8.61. The van der Waals surface area contributed by atoms with Gasteiger partial charge in [-0.25, -0.2) is 9.48 Å². The molecule has 3 heterocycles. The molecule has 0 spiro atoms. The fourth-order valence-corrected chi connectivity index (χ4v) is 3.30. The Morgan fingerprint density at radius 3 is 3.07 bits per heavy atom. The highest BCUT2D eigenvalue weighted by molar-refractivity contribution is 6.31. The highest BCUT2D eigenvalue weighted by Crippen LogP contribution is 2.26. The normalized spacial score (nSPS) is 13.4. The molecule has 0 aliphatic carbocycles. The van der Waals surface area contributed by atoms with Crippen LogP contribution in [0, 0.1) is 0 Å². The van der Waals surface area contributed by atoms with Crippen LogP contribution < -0.4 is 0 Å². The van der Waals surface area contributed by atoms with E-state index in [4.69, 9.17) is 11.6 Å². The average Bonchev–Trinajstić information content (AvgIpc) is 3.30. The van der Waals surface area contributed by atoms with Crippen molar-refractivity contribution < 1.29 is 9.37 Å². The van der Waals surface area contributed by atoms with Crippen LogP contribution in [-0.4, -0.2) is 38.5 Å².